The zero-order valence-corrected chi connectivity index (χ0v) is 15.3. The Kier molecular flexibility index (Phi) is 3.52. The van der Waals surface area contributed by atoms with Gasteiger partial charge in [-0.2, -0.15) is 0 Å². The second-order valence-corrected chi connectivity index (χ2v) is 9.74. The van der Waals surface area contributed by atoms with Gasteiger partial charge in [0.15, 0.2) is 0 Å². The summed E-state index contributed by atoms with van der Waals surface area (Å²) in [6, 6.07) is 0. The predicted molar refractivity (Wildman–Crippen MR) is 93.8 cm³/mol. The predicted octanol–water partition coefficient (Wildman–Crippen LogP) is 6.35. The van der Waals surface area contributed by atoms with Gasteiger partial charge in [-0.3, -0.25) is 0 Å². The molecule has 3 saturated carbocycles. The smallest absolute Gasteiger partial charge is 0.00988 e. The summed E-state index contributed by atoms with van der Waals surface area (Å²) in [6.07, 6.45) is 13.7. The second-order valence-electron chi connectivity index (χ2n) is 8.44. The Hall–Kier alpha value is 0.470. The standard InChI is InChI=1S/C19H29I/c1-12-14-8-9-17-15(16(14)11-18(12)20)7-6-13-5-3-4-10-19(13,17)2/h13-17H,3-11H2,1-2H3/t13-,14+,15+,16-,17+,19+/m1/s1. The first-order valence-electron chi connectivity index (χ1n) is 8.96. The van der Waals surface area contributed by atoms with Crippen molar-refractivity contribution >= 4 is 22.6 Å². The Balaban J connectivity index is 1.62. The molecule has 1 heteroatoms. The van der Waals surface area contributed by atoms with Gasteiger partial charge in [-0.1, -0.05) is 25.3 Å². The van der Waals surface area contributed by atoms with Crippen molar-refractivity contribution < 1.29 is 0 Å². The van der Waals surface area contributed by atoms with E-state index in [2.05, 4.69) is 36.4 Å². The van der Waals surface area contributed by atoms with Crippen LogP contribution in [0.25, 0.3) is 0 Å². The van der Waals surface area contributed by atoms with Gasteiger partial charge in [0, 0.05) is 0 Å². The highest BCUT2D eigenvalue weighted by Crippen LogP contribution is 2.63. The SMILES string of the molecule is CC1=C(I)C[C@H]2[C@@H]3CC[C@H]4CCCC[C@]4(C)[C@H]3CC[C@@H]12. The molecule has 6 atom stereocenters. The van der Waals surface area contributed by atoms with E-state index in [4.69, 9.17) is 0 Å². The van der Waals surface area contributed by atoms with Gasteiger partial charge < -0.3 is 0 Å². The van der Waals surface area contributed by atoms with Crippen molar-refractivity contribution in [1.29, 1.82) is 0 Å². The van der Waals surface area contributed by atoms with Crippen molar-refractivity contribution in [3.05, 3.63) is 9.15 Å². The van der Waals surface area contributed by atoms with Gasteiger partial charge in [0.2, 0.25) is 0 Å². The Labute approximate surface area is 138 Å². The number of fused-ring (bicyclic) bond motifs is 5. The van der Waals surface area contributed by atoms with Crippen molar-refractivity contribution in [3.8, 4) is 0 Å². The summed E-state index contributed by atoms with van der Waals surface area (Å²) in [4.78, 5) is 0. The highest BCUT2D eigenvalue weighted by Gasteiger charge is 2.54. The zero-order valence-electron chi connectivity index (χ0n) is 13.1. The van der Waals surface area contributed by atoms with E-state index in [-0.39, 0.29) is 0 Å². The summed E-state index contributed by atoms with van der Waals surface area (Å²) in [6.45, 7) is 5.12. The fraction of sp³-hybridized carbons (Fsp3) is 0.895. The van der Waals surface area contributed by atoms with Crippen molar-refractivity contribution in [2.45, 2.75) is 71.6 Å². The van der Waals surface area contributed by atoms with Crippen LogP contribution in [0.5, 0.6) is 0 Å². The topological polar surface area (TPSA) is 0 Å². The molecule has 0 aromatic rings. The van der Waals surface area contributed by atoms with Crippen molar-refractivity contribution in [1.82, 2.24) is 0 Å². The van der Waals surface area contributed by atoms with E-state index in [1.807, 2.05) is 0 Å². The van der Waals surface area contributed by atoms with E-state index in [1.54, 1.807) is 41.3 Å². The second kappa shape index (κ2) is 4.99. The van der Waals surface area contributed by atoms with Gasteiger partial charge in [-0.25, -0.2) is 0 Å². The largest absolute Gasteiger partial charge is 0.0606 e. The highest BCUT2D eigenvalue weighted by atomic mass is 127. The molecule has 0 amide bonds. The molecule has 0 N–H and O–H groups in total. The maximum absolute atomic E-state index is 2.69. The fourth-order valence-electron chi connectivity index (χ4n) is 6.80. The van der Waals surface area contributed by atoms with Crippen LogP contribution in [0.4, 0.5) is 0 Å². The molecule has 0 bridgehead atoms. The molecule has 0 radical (unpaired) electrons. The van der Waals surface area contributed by atoms with Crippen LogP contribution < -0.4 is 0 Å². The van der Waals surface area contributed by atoms with Crippen LogP contribution in [-0.4, -0.2) is 0 Å². The van der Waals surface area contributed by atoms with Crippen molar-refractivity contribution in [2.24, 2.45) is 35.0 Å². The molecule has 0 spiro atoms. The summed E-state index contributed by atoms with van der Waals surface area (Å²) < 4.78 is 1.72. The van der Waals surface area contributed by atoms with E-state index in [0.717, 1.165) is 29.6 Å². The molecule has 4 aliphatic carbocycles. The average Bonchev–Trinajstić information content (AvgIpc) is 2.74. The van der Waals surface area contributed by atoms with Gasteiger partial charge >= 0.3 is 0 Å². The Bertz CT molecular complexity index is 437. The number of hydrogen-bond acceptors (Lipinski definition) is 0. The summed E-state index contributed by atoms with van der Waals surface area (Å²) in [7, 11) is 0. The molecule has 4 aliphatic rings. The fourth-order valence-corrected chi connectivity index (χ4v) is 7.71. The number of hydrogen-bond donors (Lipinski definition) is 0. The van der Waals surface area contributed by atoms with E-state index in [9.17, 15) is 0 Å². The van der Waals surface area contributed by atoms with Crippen LogP contribution >= 0.6 is 22.6 Å². The quantitative estimate of drug-likeness (QED) is 0.427. The van der Waals surface area contributed by atoms with Crippen LogP contribution in [0.15, 0.2) is 9.15 Å². The minimum Gasteiger partial charge on any atom is -0.0606 e. The lowest BCUT2D eigenvalue weighted by atomic mass is 9.47. The maximum atomic E-state index is 2.69. The monoisotopic (exact) mass is 384 g/mol. The highest BCUT2D eigenvalue weighted by molar-refractivity contribution is 14.1. The van der Waals surface area contributed by atoms with Crippen molar-refractivity contribution in [2.75, 3.05) is 0 Å². The molecule has 0 aliphatic heterocycles. The lowest BCUT2D eigenvalue weighted by Gasteiger charge is -2.58. The Morgan fingerprint density at radius 2 is 1.85 bits per heavy atom. The van der Waals surface area contributed by atoms with Gasteiger partial charge in [-0.05, 0) is 113 Å². The third-order valence-electron chi connectivity index (χ3n) is 7.92. The van der Waals surface area contributed by atoms with E-state index in [0.29, 0.717) is 5.41 Å². The maximum Gasteiger partial charge on any atom is -0.00988 e. The van der Waals surface area contributed by atoms with Crippen LogP contribution in [0.3, 0.4) is 0 Å². The number of allylic oxidation sites excluding steroid dienone is 2. The van der Waals surface area contributed by atoms with Crippen LogP contribution in [0.1, 0.15) is 71.6 Å². The molecule has 3 fully saturated rings. The van der Waals surface area contributed by atoms with E-state index >= 15 is 0 Å². The molecule has 0 unspecified atom stereocenters. The zero-order chi connectivity index (χ0) is 13.9. The van der Waals surface area contributed by atoms with E-state index < -0.39 is 0 Å². The van der Waals surface area contributed by atoms with Crippen molar-refractivity contribution in [3.63, 3.8) is 0 Å². The molecule has 0 heterocycles. The summed E-state index contributed by atoms with van der Waals surface area (Å²) in [5.41, 5.74) is 2.48. The Morgan fingerprint density at radius 3 is 2.70 bits per heavy atom. The number of rotatable bonds is 0. The first-order valence-corrected chi connectivity index (χ1v) is 10.0. The van der Waals surface area contributed by atoms with Gasteiger partial charge in [0.05, 0.1) is 0 Å². The van der Waals surface area contributed by atoms with Crippen LogP contribution in [-0.2, 0) is 0 Å². The van der Waals surface area contributed by atoms with Gasteiger partial charge in [-0.15, -0.1) is 0 Å². The molecule has 4 rings (SSSR count). The third kappa shape index (κ3) is 1.90. The Morgan fingerprint density at radius 1 is 1.00 bits per heavy atom. The minimum atomic E-state index is 0.716. The molecule has 0 aromatic carbocycles. The molecule has 0 aromatic heterocycles. The number of halogens is 1. The first-order chi connectivity index (χ1) is 9.61. The third-order valence-corrected chi connectivity index (χ3v) is 9.21. The van der Waals surface area contributed by atoms with Gasteiger partial charge in [0.1, 0.15) is 0 Å². The van der Waals surface area contributed by atoms with Crippen LogP contribution in [0, 0.1) is 35.0 Å². The van der Waals surface area contributed by atoms with Crippen LogP contribution in [0.2, 0.25) is 0 Å². The first kappa shape index (κ1) is 14.1. The molecular weight excluding hydrogens is 355 g/mol. The minimum absolute atomic E-state index is 0.716. The summed E-state index contributed by atoms with van der Waals surface area (Å²) >= 11 is 2.65. The molecule has 0 saturated heterocycles. The molecular formula is C19H29I. The summed E-state index contributed by atoms with van der Waals surface area (Å²) in [5.74, 6) is 5.20. The van der Waals surface area contributed by atoms with Gasteiger partial charge in [0.25, 0.3) is 0 Å². The summed E-state index contributed by atoms with van der Waals surface area (Å²) in [5, 5.41) is 0. The molecule has 112 valence electrons. The normalized spacial score (nSPS) is 51.5. The van der Waals surface area contributed by atoms with E-state index in [1.165, 1.54) is 25.7 Å². The average molecular weight is 384 g/mol. The molecule has 0 nitrogen and oxygen atoms in total. The lowest BCUT2D eigenvalue weighted by Crippen LogP contribution is -2.50. The molecule has 20 heavy (non-hydrogen) atoms. The lowest BCUT2D eigenvalue weighted by molar-refractivity contribution is -0.0815.